The normalized spacial score (nSPS) is 11.6. The zero-order chi connectivity index (χ0) is 24.5. The fourth-order valence-electron chi connectivity index (χ4n) is 5.90. The van der Waals surface area contributed by atoms with Gasteiger partial charge in [0.05, 0.1) is 16.7 Å². The molecule has 0 atom stereocenters. The molecule has 5 aromatic carbocycles. The number of fused-ring (bicyclic) bond motifs is 9. The summed E-state index contributed by atoms with van der Waals surface area (Å²) < 4.78 is 4.60. The van der Waals surface area contributed by atoms with Crippen LogP contribution in [0.15, 0.2) is 115 Å². The predicted octanol–water partition coefficient (Wildman–Crippen LogP) is 8.51. The monoisotopic (exact) mass is 665 g/mol. The second-order valence-electron chi connectivity index (χ2n) is 9.67. The van der Waals surface area contributed by atoms with E-state index in [0.29, 0.717) is 0 Å². The van der Waals surface area contributed by atoms with Crippen molar-refractivity contribution in [1.29, 1.82) is 0 Å². The van der Waals surface area contributed by atoms with Crippen molar-refractivity contribution < 1.29 is 20.1 Å². The maximum Gasteiger partial charge on any atom is 0.0610 e. The molecule has 0 spiro atoms. The van der Waals surface area contributed by atoms with E-state index in [0.717, 1.165) is 28.0 Å². The first-order valence-corrected chi connectivity index (χ1v) is 12.6. The van der Waals surface area contributed by atoms with Gasteiger partial charge in [0, 0.05) is 54.0 Å². The number of aromatic nitrogens is 3. The molecule has 0 saturated heterocycles. The van der Waals surface area contributed by atoms with Gasteiger partial charge in [-0.2, -0.15) is 0 Å². The van der Waals surface area contributed by atoms with Crippen LogP contribution in [0.3, 0.4) is 0 Å². The fourth-order valence-corrected chi connectivity index (χ4v) is 5.90. The maximum absolute atomic E-state index is 4.73. The van der Waals surface area contributed by atoms with E-state index in [1.807, 2.05) is 6.20 Å². The zero-order valence-electron chi connectivity index (χ0n) is 20.6. The summed E-state index contributed by atoms with van der Waals surface area (Å²) in [6.45, 7) is 2.10. The van der Waals surface area contributed by atoms with E-state index in [2.05, 4.69) is 131 Å². The molecule has 3 aromatic heterocycles. The minimum Gasteiger partial charge on any atom is -0.338 e. The Morgan fingerprint density at radius 2 is 1.26 bits per heavy atom. The van der Waals surface area contributed by atoms with E-state index in [1.165, 1.54) is 43.7 Å². The van der Waals surface area contributed by atoms with E-state index in [4.69, 9.17) is 4.98 Å². The fraction of sp³-hybridized carbons (Fsp3) is 0.0294. The van der Waals surface area contributed by atoms with Gasteiger partial charge < -0.3 is 8.97 Å². The van der Waals surface area contributed by atoms with Crippen molar-refractivity contribution in [3.63, 3.8) is 0 Å². The van der Waals surface area contributed by atoms with E-state index >= 15 is 0 Å². The number of para-hydroxylation sites is 3. The Morgan fingerprint density at radius 1 is 0.632 bits per heavy atom. The van der Waals surface area contributed by atoms with Crippen molar-refractivity contribution in [2.75, 3.05) is 0 Å². The van der Waals surface area contributed by atoms with Gasteiger partial charge in [-0.25, -0.2) is 0 Å². The summed E-state index contributed by atoms with van der Waals surface area (Å²) >= 11 is 0. The average molecular weight is 665 g/mol. The molecule has 3 nitrogen and oxygen atoms in total. The van der Waals surface area contributed by atoms with E-state index < -0.39 is 0 Å². The smallest absolute Gasteiger partial charge is 0.0610 e. The summed E-state index contributed by atoms with van der Waals surface area (Å²) in [7, 11) is 0. The van der Waals surface area contributed by atoms with Gasteiger partial charge in [0.25, 0.3) is 0 Å². The van der Waals surface area contributed by atoms with Crippen LogP contribution in [0.4, 0.5) is 0 Å². The standard InChI is InChI=1S/C34H22N3.Ir/c1-22-21-35-34-29-18-17-24(20-30(29)28-13-4-5-14-31(28)36(22)34)23-9-8-10-25(19-23)37-32-15-6-2-11-26(32)27-12-3-7-16-33(27)37;/h2-17,19-21H,1H3;/q-1;. The first kappa shape index (κ1) is 22.9. The Labute approximate surface area is 233 Å². The molecule has 1 radical (unpaired) electrons. The molecule has 0 fully saturated rings. The number of nitrogens with zero attached hydrogens (tertiary/aromatic N) is 3. The van der Waals surface area contributed by atoms with Gasteiger partial charge in [-0.1, -0.05) is 83.2 Å². The van der Waals surface area contributed by atoms with E-state index in [9.17, 15) is 0 Å². The maximum atomic E-state index is 4.73. The van der Waals surface area contributed by atoms with Crippen molar-refractivity contribution in [1.82, 2.24) is 14.0 Å². The number of imidazole rings is 1. The molecule has 0 unspecified atom stereocenters. The molecule has 8 aromatic rings. The zero-order valence-corrected chi connectivity index (χ0v) is 23.0. The summed E-state index contributed by atoms with van der Waals surface area (Å²) in [5.74, 6) is 0. The Morgan fingerprint density at radius 3 is 1.97 bits per heavy atom. The number of hydrogen-bond acceptors (Lipinski definition) is 1. The molecule has 8 rings (SSSR count). The Bertz CT molecular complexity index is 2110. The molecule has 0 aliphatic carbocycles. The quantitative estimate of drug-likeness (QED) is 0.134. The van der Waals surface area contributed by atoms with Gasteiger partial charge >= 0.3 is 0 Å². The first-order chi connectivity index (χ1) is 18.3. The predicted molar refractivity (Wildman–Crippen MR) is 154 cm³/mol. The van der Waals surface area contributed by atoms with Gasteiger partial charge in [-0.3, -0.25) is 4.98 Å². The SMILES string of the molecule is Cc1cnc2c3[c-]cc(-c4cccc(-n5c6ccccc6c6ccccc65)c4)cc3c3ccccc3n12.[Ir]. The summed E-state index contributed by atoms with van der Waals surface area (Å²) in [6.07, 6.45) is 1.94. The van der Waals surface area contributed by atoms with Gasteiger partial charge in [0.2, 0.25) is 0 Å². The molecule has 0 aliphatic heterocycles. The van der Waals surface area contributed by atoms with Crippen molar-refractivity contribution in [3.05, 3.63) is 127 Å². The van der Waals surface area contributed by atoms with Crippen molar-refractivity contribution in [3.8, 4) is 16.8 Å². The molecule has 0 bridgehead atoms. The molecule has 38 heavy (non-hydrogen) atoms. The number of aryl methyl sites for hydroxylation is 1. The average Bonchev–Trinajstić information content (AvgIpc) is 3.51. The van der Waals surface area contributed by atoms with Gasteiger partial charge in [-0.15, -0.1) is 23.6 Å². The molecule has 3 heterocycles. The second-order valence-corrected chi connectivity index (χ2v) is 9.67. The molecular formula is C34H22IrN3-. The van der Waals surface area contributed by atoms with Crippen LogP contribution in [0, 0.1) is 13.0 Å². The van der Waals surface area contributed by atoms with Gasteiger partial charge in [0.1, 0.15) is 0 Å². The summed E-state index contributed by atoms with van der Waals surface area (Å²) in [4.78, 5) is 4.73. The number of benzene rings is 5. The van der Waals surface area contributed by atoms with Gasteiger partial charge in [-0.05, 0) is 42.6 Å². The molecule has 0 aliphatic rings. The first-order valence-electron chi connectivity index (χ1n) is 12.6. The Kier molecular flexibility index (Phi) is 5.22. The third-order valence-corrected chi connectivity index (χ3v) is 7.56. The van der Waals surface area contributed by atoms with Crippen LogP contribution in [-0.2, 0) is 20.1 Å². The van der Waals surface area contributed by atoms with Crippen LogP contribution < -0.4 is 0 Å². The molecule has 0 saturated carbocycles. The van der Waals surface area contributed by atoms with E-state index in [-0.39, 0.29) is 20.1 Å². The minimum absolute atomic E-state index is 0. The molecular weight excluding hydrogens is 643 g/mol. The van der Waals surface area contributed by atoms with Crippen LogP contribution in [0.5, 0.6) is 0 Å². The van der Waals surface area contributed by atoms with Crippen molar-refractivity contribution in [2.24, 2.45) is 0 Å². The van der Waals surface area contributed by atoms with Gasteiger partial charge in [0.15, 0.2) is 0 Å². The van der Waals surface area contributed by atoms with Crippen LogP contribution >= 0.6 is 0 Å². The topological polar surface area (TPSA) is 22.2 Å². The summed E-state index contributed by atoms with van der Waals surface area (Å²) in [5, 5.41) is 5.98. The second kappa shape index (κ2) is 8.66. The van der Waals surface area contributed by atoms with Crippen LogP contribution in [-0.4, -0.2) is 14.0 Å². The van der Waals surface area contributed by atoms with Crippen LogP contribution in [0.1, 0.15) is 5.69 Å². The molecule has 4 heteroatoms. The third kappa shape index (κ3) is 3.21. The van der Waals surface area contributed by atoms with Crippen molar-refractivity contribution >= 4 is 49.1 Å². The minimum atomic E-state index is 0. The molecule has 0 amide bonds. The number of rotatable bonds is 2. The largest absolute Gasteiger partial charge is 0.338 e. The number of pyridine rings is 1. The summed E-state index contributed by atoms with van der Waals surface area (Å²) in [5.41, 5.74) is 9.15. The van der Waals surface area contributed by atoms with Crippen molar-refractivity contribution in [2.45, 2.75) is 6.92 Å². The van der Waals surface area contributed by atoms with E-state index in [1.54, 1.807) is 0 Å². The summed E-state index contributed by atoms with van der Waals surface area (Å²) in [6, 6.07) is 42.7. The molecule has 0 N–H and O–H groups in total. The Hall–Kier alpha value is -4.24. The van der Waals surface area contributed by atoms with Crippen LogP contribution in [0.2, 0.25) is 0 Å². The third-order valence-electron chi connectivity index (χ3n) is 7.56. The molecule has 183 valence electrons. The Balaban J connectivity index is 0.00000242. The van der Waals surface area contributed by atoms with Crippen LogP contribution in [0.25, 0.3) is 65.9 Å². The number of hydrogen-bond donors (Lipinski definition) is 0.